The first kappa shape index (κ1) is 21.1. The second kappa shape index (κ2) is 8.31. The number of allylic oxidation sites excluding steroid dienone is 2. The van der Waals surface area contributed by atoms with Crippen LogP contribution in [0.4, 0.5) is 5.88 Å². The van der Waals surface area contributed by atoms with E-state index in [1.54, 1.807) is 21.3 Å². The first-order chi connectivity index (χ1) is 16.0. The maximum absolute atomic E-state index is 13.6. The Labute approximate surface area is 192 Å². The van der Waals surface area contributed by atoms with E-state index in [1.165, 1.54) is 0 Å². The van der Waals surface area contributed by atoms with E-state index in [0.29, 0.717) is 30.2 Å². The number of aromatic nitrogens is 1. The summed E-state index contributed by atoms with van der Waals surface area (Å²) in [5, 5.41) is 7.56. The van der Waals surface area contributed by atoms with Gasteiger partial charge in [-0.2, -0.15) is 0 Å². The molecule has 1 aliphatic heterocycles. The summed E-state index contributed by atoms with van der Waals surface area (Å²) in [5.74, 6) is 2.56. The van der Waals surface area contributed by atoms with Crippen LogP contribution in [0.15, 0.2) is 58.3 Å². The number of fused-ring (bicyclic) bond motifs is 1. The van der Waals surface area contributed by atoms with Crippen LogP contribution in [0.1, 0.15) is 47.1 Å². The molecule has 0 bridgehead atoms. The van der Waals surface area contributed by atoms with Crippen LogP contribution < -0.4 is 19.5 Å². The van der Waals surface area contributed by atoms with E-state index < -0.39 is 0 Å². The topological polar surface area (TPSA) is 82.8 Å². The van der Waals surface area contributed by atoms with Crippen molar-refractivity contribution in [3.63, 3.8) is 0 Å². The summed E-state index contributed by atoms with van der Waals surface area (Å²) < 4.78 is 21.8. The summed E-state index contributed by atoms with van der Waals surface area (Å²) in [6, 6.07) is 13.7. The zero-order chi connectivity index (χ0) is 23.1. The van der Waals surface area contributed by atoms with Crippen LogP contribution >= 0.6 is 0 Å². The lowest BCUT2D eigenvalue weighted by atomic mass is 9.72. The smallest absolute Gasteiger partial charge is 0.233 e. The summed E-state index contributed by atoms with van der Waals surface area (Å²) in [7, 11) is 4.86. The summed E-state index contributed by atoms with van der Waals surface area (Å²) in [5.41, 5.74) is 5.34. The number of hydrogen-bond acceptors (Lipinski definition) is 7. The van der Waals surface area contributed by atoms with Crippen LogP contribution in [0, 0.1) is 6.92 Å². The number of ether oxygens (including phenoxy) is 3. The van der Waals surface area contributed by atoms with E-state index in [0.717, 1.165) is 39.4 Å². The molecule has 0 radical (unpaired) electrons. The highest BCUT2D eigenvalue weighted by Crippen LogP contribution is 2.50. The Kier molecular flexibility index (Phi) is 5.32. The molecular weight excluding hydrogens is 420 g/mol. The Morgan fingerprint density at radius 1 is 0.939 bits per heavy atom. The third-order valence-corrected chi connectivity index (χ3v) is 6.59. The Bertz CT molecular complexity index is 1240. The number of aryl methyl sites for hydroxylation is 1. The minimum atomic E-state index is -0.286. The van der Waals surface area contributed by atoms with Gasteiger partial charge in [0, 0.05) is 23.6 Å². The Morgan fingerprint density at radius 2 is 1.67 bits per heavy atom. The number of carbonyl (C=O) groups excluding carboxylic acids is 1. The highest BCUT2D eigenvalue weighted by atomic mass is 16.5. The van der Waals surface area contributed by atoms with Crippen molar-refractivity contribution < 1.29 is 23.5 Å². The molecule has 7 heteroatoms. The molecule has 3 aromatic rings. The highest BCUT2D eigenvalue weighted by molar-refractivity contribution is 6.01. The zero-order valence-electron chi connectivity index (χ0n) is 19.1. The largest absolute Gasteiger partial charge is 0.497 e. The predicted molar refractivity (Wildman–Crippen MR) is 123 cm³/mol. The molecule has 1 N–H and O–H groups in total. The number of carbonyl (C=O) groups is 1. The molecule has 2 aromatic carbocycles. The lowest BCUT2D eigenvalue weighted by Crippen LogP contribution is -2.29. The van der Waals surface area contributed by atoms with Crippen LogP contribution in [0.25, 0.3) is 0 Å². The number of rotatable bonds is 5. The lowest BCUT2D eigenvalue weighted by molar-refractivity contribution is -0.116. The van der Waals surface area contributed by atoms with Gasteiger partial charge in [-0.25, -0.2) is 0 Å². The molecule has 0 saturated heterocycles. The predicted octanol–water partition coefficient (Wildman–Crippen LogP) is 4.97. The summed E-state index contributed by atoms with van der Waals surface area (Å²) in [6.07, 6.45) is 1.15. The minimum Gasteiger partial charge on any atom is -0.497 e. The first-order valence-electron chi connectivity index (χ1n) is 10.9. The zero-order valence-corrected chi connectivity index (χ0v) is 19.1. The van der Waals surface area contributed by atoms with Crippen LogP contribution in [0.5, 0.6) is 17.2 Å². The Morgan fingerprint density at radius 3 is 2.36 bits per heavy atom. The van der Waals surface area contributed by atoms with Crippen LogP contribution in [-0.2, 0) is 4.79 Å². The third kappa shape index (κ3) is 3.53. The van der Waals surface area contributed by atoms with Gasteiger partial charge in [0.25, 0.3) is 0 Å². The molecule has 7 nitrogen and oxygen atoms in total. The standard InChI is InChI=1S/C26H26N2O5/c1-14-23-24(16-7-10-21(31-3)22(13-16)32-4)25-19(27-26(23)33-28-14)11-17(12-20(25)29)15-5-8-18(30-2)9-6-15/h5-10,13,17,24,27H,11-12H2,1-4H3/t17-,24-/m1/s1. The number of nitrogens with one attached hydrogen (secondary N) is 1. The van der Waals surface area contributed by atoms with Crippen LogP contribution in [-0.4, -0.2) is 32.3 Å². The van der Waals surface area contributed by atoms with Crippen molar-refractivity contribution >= 4 is 11.7 Å². The van der Waals surface area contributed by atoms with Gasteiger partial charge < -0.3 is 24.1 Å². The summed E-state index contributed by atoms with van der Waals surface area (Å²) in [4.78, 5) is 13.6. The van der Waals surface area contributed by atoms with E-state index in [4.69, 9.17) is 18.7 Å². The van der Waals surface area contributed by atoms with Gasteiger partial charge in [0.15, 0.2) is 17.3 Å². The van der Waals surface area contributed by atoms with Gasteiger partial charge in [-0.15, -0.1) is 0 Å². The van der Waals surface area contributed by atoms with Crippen LogP contribution in [0.2, 0.25) is 0 Å². The average Bonchev–Trinajstić information content (AvgIpc) is 3.22. The SMILES string of the molecule is COc1ccc([C@H]2CC(=O)C3=C(C2)Nc2onc(C)c2[C@H]3c2ccc(OC)c(OC)c2)cc1. The van der Waals surface area contributed by atoms with Gasteiger partial charge in [-0.05, 0) is 54.7 Å². The molecule has 0 spiro atoms. The average molecular weight is 447 g/mol. The second-order valence-electron chi connectivity index (χ2n) is 8.38. The molecule has 0 amide bonds. The van der Waals surface area contributed by atoms with E-state index >= 15 is 0 Å². The lowest BCUT2D eigenvalue weighted by Gasteiger charge is -2.34. The fourth-order valence-electron chi connectivity index (χ4n) is 4.95. The maximum atomic E-state index is 13.6. The normalized spacial score (nSPS) is 19.5. The second-order valence-corrected chi connectivity index (χ2v) is 8.38. The van der Waals surface area contributed by atoms with Crippen molar-refractivity contribution in [2.75, 3.05) is 26.6 Å². The molecule has 33 heavy (non-hydrogen) atoms. The van der Waals surface area contributed by atoms with Gasteiger partial charge in [0.1, 0.15) is 5.75 Å². The molecule has 1 aliphatic carbocycles. The molecule has 170 valence electrons. The quantitative estimate of drug-likeness (QED) is 0.593. The van der Waals surface area contributed by atoms with Crippen molar-refractivity contribution in [3.05, 3.63) is 76.1 Å². The van der Waals surface area contributed by atoms with Crippen LogP contribution in [0.3, 0.4) is 0 Å². The molecule has 1 aromatic heterocycles. The van der Waals surface area contributed by atoms with Gasteiger partial charge in [-0.3, -0.25) is 4.79 Å². The van der Waals surface area contributed by atoms with Gasteiger partial charge in [0.2, 0.25) is 5.88 Å². The molecule has 0 unspecified atom stereocenters. The fraction of sp³-hybridized carbons (Fsp3) is 0.308. The van der Waals surface area contributed by atoms with Crippen molar-refractivity contribution in [2.45, 2.75) is 31.6 Å². The van der Waals surface area contributed by atoms with Crippen molar-refractivity contribution in [1.29, 1.82) is 0 Å². The third-order valence-electron chi connectivity index (χ3n) is 6.59. The Hall–Kier alpha value is -3.74. The molecule has 2 atom stereocenters. The van der Waals surface area contributed by atoms with Gasteiger partial charge in [0.05, 0.1) is 32.6 Å². The number of nitrogens with zero attached hydrogens (tertiary/aromatic N) is 1. The highest BCUT2D eigenvalue weighted by Gasteiger charge is 2.41. The van der Waals surface area contributed by atoms with E-state index in [9.17, 15) is 4.79 Å². The number of anilines is 1. The maximum Gasteiger partial charge on any atom is 0.233 e. The molecular formula is C26H26N2O5. The first-order valence-corrected chi connectivity index (χ1v) is 10.9. The van der Waals surface area contributed by atoms with Crippen molar-refractivity contribution in [2.24, 2.45) is 0 Å². The van der Waals surface area contributed by atoms with Crippen molar-refractivity contribution in [1.82, 2.24) is 5.16 Å². The molecule has 0 saturated carbocycles. The van der Waals surface area contributed by atoms with E-state index in [2.05, 4.69) is 10.5 Å². The molecule has 2 aliphatic rings. The fourth-order valence-corrected chi connectivity index (χ4v) is 4.95. The summed E-state index contributed by atoms with van der Waals surface area (Å²) >= 11 is 0. The number of benzene rings is 2. The van der Waals surface area contributed by atoms with E-state index in [1.807, 2.05) is 49.4 Å². The monoisotopic (exact) mass is 446 g/mol. The van der Waals surface area contributed by atoms with E-state index in [-0.39, 0.29) is 17.6 Å². The number of methoxy groups -OCH3 is 3. The Balaban J connectivity index is 1.59. The minimum absolute atomic E-state index is 0.0753. The van der Waals surface area contributed by atoms with Gasteiger partial charge in [-0.1, -0.05) is 23.4 Å². The number of hydrogen-bond donors (Lipinski definition) is 1. The van der Waals surface area contributed by atoms with Crippen molar-refractivity contribution in [3.8, 4) is 17.2 Å². The van der Waals surface area contributed by atoms with Gasteiger partial charge >= 0.3 is 0 Å². The molecule has 0 fully saturated rings. The number of ketones is 1. The number of Topliss-reactive ketones (excluding diaryl/α,β-unsaturated/α-hetero) is 1. The summed E-state index contributed by atoms with van der Waals surface area (Å²) in [6.45, 7) is 1.90. The molecule has 2 heterocycles. The molecule has 5 rings (SSSR count).